The Hall–Kier alpha value is -4.36. The lowest BCUT2D eigenvalue weighted by molar-refractivity contribution is 0.414. The Bertz CT molecular complexity index is 2350. The number of nitrogens with zero attached hydrogens (tertiary/aromatic N) is 3. The van der Waals surface area contributed by atoms with E-state index in [0.717, 1.165) is 57.4 Å². The lowest BCUT2D eigenvalue weighted by Gasteiger charge is -2.30. The molecule has 0 saturated carbocycles. The van der Waals surface area contributed by atoms with Crippen molar-refractivity contribution in [3.8, 4) is 5.75 Å². The average molecular weight is 649 g/mol. The number of hydrogen-bond acceptors (Lipinski definition) is 4. The van der Waals surface area contributed by atoms with Crippen molar-refractivity contribution in [2.45, 2.75) is 25.4 Å². The Balaban J connectivity index is 1.30. The van der Waals surface area contributed by atoms with Crippen molar-refractivity contribution in [2.75, 3.05) is 7.11 Å². The van der Waals surface area contributed by atoms with Gasteiger partial charge in [0.1, 0.15) is 5.75 Å². The van der Waals surface area contributed by atoms with Gasteiger partial charge in [-0.1, -0.05) is 95.2 Å². The predicted molar refractivity (Wildman–Crippen MR) is 183 cm³/mol. The van der Waals surface area contributed by atoms with Crippen LogP contribution in [0.3, 0.4) is 0 Å². The zero-order valence-electron chi connectivity index (χ0n) is 24.3. The summed E-state index contributed by atoms with van der Waals surface area (Å²) in [4.78, 5) is 20.2. The number of benzene rings is 4. The highest BCUT2D eigenvalue weighted by atomic mass is 35.5. The van der Waals surface area contributed by atoms with Crippen LogP contribution < -0.4 is 19.6 Å². The summed E-state index contributed by atoms with van der Waals surface area (Å²) < 4.78 is 10.1. The van der Waals surface area contributed by atoms with Gasteiger partial charge in [-0.3, -0.25) is 9.36 Å². The third-order valence-corrected chi connectivity index (χ3v) is 10.3. The van der Waals surface area contributed by atoms with Crippen LogP contribution in [-0.4, -0.2) is 16.2 Å². The van der Waals surface area contributed by atoms with Crippen molar-refractivity contribution in [2.24, 2.45) is 4.99 Å². The number of allylic oxidation sites excluding steroid dienone is 1. The van der Waals surface area contributed by atoms with E-state index in [-0.39, 0.29) is 11.6 Å². The molecule has 6 aromatic rings. The number of thiazole rings is 1. The standard InChI is InChI=1S/C37H27Cl2N3O2S/c1-44-27-15-11-23(12-16-27)35-30-17-13-22-6-2-3-8-29(22)34(30)40-37-42(35)36(43)33(45-37)18-25-21-41(32-9-5-4-7-28(25)32)20-24-10-14-26(38)19-31(24)39/h2-12,14-16,18-19,21,35H,13,17,20H2,1H3/b33-18+/t35-/m1/s1. The molecular weight excluding hydrogens is 621 g/mol. The molecule has 8 rings (SSSR count). The number of para-hydroxylation sites is 1. The molecule has 0 bridgehead atoms. The van der Waals surface area contributed by atoms with Gasteiger partial charge in [-0.25, -0.2) is 4.99 Å². The van der Waals surface area contributed by atoms with Crippen LogP contribution in [0.1, 0.15) is 40.3 Å². The predicted octanol–water partition coefficient (Wildman–Crippen LogP) is 7.64. The van der Waals surface area contributed by atoms with Gasteiger partial charge < -0.3 is 9.30 Å². The van der Waals surface area contributed by atoms with Crippen LogP contribution in [0.2, 0.25) is 10.0 Å². The van der Waals surface area contributed by atoms with Crippen molar-refractivity contribution in [3.05, 3.63) is 160 Å². The van der Waals surface area contributed by atoms with E-state index in [0.29, 0.717) is 25.9 Å². The summed E-state index contributed by atoms with van der Waals surface area (Å²) in [5.74, 6) is 0.783. The summed E-state index contributed by atoms with van der Waals surface area (Å²) in [5, 5.41) is 2.29. The van der Waals surface area contributed by atoms with Crippen LogP contribution in [0.25, 0.3) is 22.7 Å². The second kappa shape index (κ2) is 11.2. The Morgan fingerprint density at radius 2 is 1.78 bits per heavy atom. The van der Waals surface area contributed by atoms with Gasteiger partial charge in [0.15, 0.2) is 4.80 Å². The maximum atomic E-state index is 14.4. The van der Waals surface area contributed by atoms with E-state index < -0.39 is 0 Å². The summed E-state index contributed by atoms with van der Waals surface area (Å²) in [6.45, 7) is 0.579. The molecule has 5 nitrogen and oxygen atoms in total. The van der Waals surface area contributed by atoms with Crippen molar-refractivity contribution in [1.82, 2.24) is 9.13 Å². The quantitative estimate of drug-likeness (QED) is 0.193. The molecule has 0 radical (unpaired) electrons. The molecule has 0 spiro atoms. The molecule has 0 saturated heterocycles. The van der Waals surface area contributed by atoms with Gasteiger partial charge in [-0.2, -0.15) is 0 Å². The summed E-state index contributed by atoms with van der Waals surface area (Å²) in [6, 6.07) is 30.1. The topological polar surface area (TPSA) is 48.5 Å². The van der Waals surface area contributed by atoms with E-state index in [1.807, 2.05) is 47.0 Å². The van der Waals surface area contributed by atoms with Gasteiger partial charge >= 0.3 is 0 Å². The van der Waals surface area contributed by atoms with Crippen molar-refractivity contribution < 1.29 is 4.74 Å². The fourth-order valence-electron chi connectivity index (χ4n) is 6.60. The first-order valence-corrected chi connectivity index (χ1v) is 16.3. The van der Waals surface area contributed by atoms with E-state index in [9.17, 15) is 4.79 Å². The molecule has 4 aromatic carbocycles. The highest BCUT2D eigenvalue weighted by Gasteiger charge is 2.32. The number of fused-ring (bicyclic) bond motifs is 4. The molecule has 0 N–H and O–H groups in total. The minimum Gasteiger partial charge on any atom is -0.497 e. The van der Waals surface area contributed by atoms with Crippen LogP contribution in [0.5, 0.6) is 5.75 Å². The zero-order valence-corrected chi connectivity index (χ0v) is 26.7. The first-order chi connectivity index (χ1) is 22.0. The molecule has 2 aromatic heterocycles. The third kappa shape index (κ3) is 4.85. The van der Waals surface area contributed by atoms with Crippen LogP contribution in [0.15, 0.2) is 113 Å². The molecule has 1 aliphatic heterocycles. The highest BCUT2D eigenvalue weighted by Crippen LogP contribution is 2.41. The first-order valence-electron chi connectivity index (χ1n) is 14.8. The van der Waals surface area contributed by atoms with Crippen LogP contribution >= 0.6 is 34.5 Å². The van der Waals surface area contributed by atoms with Crippen molar-refractivity contribution >= 4 is 57.2 Å². The Kier molecular flexibility index (Phi) is 7.01. The molecule has 45 heavy (non-hydrogen) atoms. The van der Waals surface area contributed by atoms with Crippen molar-refractivity contribution in [1.29, 1.82) is 0 Å². The molecule has 0 fully saturated rings. The van der Waals surface area contributed by atoms with Gasteiger partial charge in [0.25, 0.3) is 5.56 Å². The van der Waals surface area contributed by atoms with E-state index in [1.54, 1.807) is 13.2 Å². The molecule has 8 heteroatoms. The van der Waals surface area contributed by atoms with E-state index >= 15 is 0 Å². The van der Waals surface area contributed by atoms with Gasteiger partial charge in [0.05, 0.1) is 23.4 Å². The smallest absolute Gasteiger partial charge is 0.271 e. The number of methoxy groups -OCH3 is 1. The highest BCUT2D eigenvalue weighted by molar-refractivity contribution is 7.07. The molecule has 222 valence electrons. The minimum atomic E-state index is -0.244. The molecule has 0 amide bonds. The number of aryl methyl sites for hydroxylation is 1. The Morgan fingerprint density at radius 3 is 2.60 bits per heavy atom. The molecule has 1 atom stereocenters. The molecule has 1 aliphatic carbocycles. The minimum absolute atomic E-state index is 0.0393. The van der Waals surface area contributed by atoms with E-state index in [2.05, 4.69) is 59.3 Å². The average Bonchev–Trinajstić information content (AvgIpc) is 3.57. The summed E-state index contributed by atoms with van der Waals surface area (Å²) >= 11 is 14.1. The maximum absolute atomic E-state index is 14.4. The number of ether oxygens (including phenoxy) is 1. The number of rotatable bonds is 5. The number of hydrogen-bond donors (Lipinski definition) is 0. The Labute approximate surface area is 273 Å². The summed E-state index contributed by atoms with van der Waals surface area (Å²) in [5.41, 5.74) is 8.61. The fourth-order valence-corrected chi connectivity index (χ4v) is 8.06. The second-order valence-electron chi connectivity index (χ2n) is 11.4. The van der Waals surface area contributed by atoms with Gasteiger partial charge in [-0.05, 0) is 71.5 Å². The van der Waals surface area contributed by atoms with Gasteiger partial charge in [-0.15, -0.1) is 0 Å². The first kappa shape index (κ1) is 28.1. The second-order valence-corrected chi connectivity index (χ2v) is 13.2. The SMILES string of the molecule is COc1ccc([C@@H]2C3=C(N=c4s/c(=C/c5cn(Cc6ccc(Cl)cc6Cl)c6ccccc56)c(=O)n42)c2ccccc2CC3)cc1. The number of aromatic nitrogens is 2. The van der Waals surface area contributed by atoms with Crippen LogP contribution in [-0.2, 0) is 13.0 Å². The van der Waals surface area contributed by atoms with E-state index in [4.69, 9.17) is 32.9 Å². The molecule has 0 unspecified atom stereocenters. The van der Waals surface area contributed by atoms with Crippen molar-refractivity contribution in [3.63, 3.8) is 0 Å². The maximum Gasteiger partial charge on any atom is 0.271 e. The van der Waals surface area contributed by atoms with Crippen LogP contribution in [0.4, 0.5) is 0 Å². The van der Waals surface area contributed by atoms with Gasteiger partial charge in [0.2, 0.25) is 0 Å². The van der Waals surface area contributed by atoms with Crippen LogP contribution in [0, 0.1) is 0 Å². The molecule has 3 heterocycles. The summed E-state index contributed by atoms with van der Waals surface area (Å²) in [6.07, 6.45) is 5.86. The lowest BCUT2D eigenvalue weighted by Crippen LogP contribution is -2.38. The largest absolute Gasteiger partial charge is 0.497 e. The monoisotopic (exact) mass is 647 g/mol. The lowest BCUT2D eigenvalue weighted by atomic mass is 9.83. The number of halogens is 2. The summed E-state index contributed by atoms with van der Waals surface area (Å²) in [7, 11) is 1.66. The Morgan fingerprint density at radius 1 is 0.978 bits per heavy atom. The fraction of sp³-hybridized carbons (Fsp3) is 0.135. The normalized spacial score (nSPS) is 15.9. The van der Waals surface area contributed by atoms with Gasteiger partial charge in [0, 0.05) is 44.8 Å². The van der Waals surface area contributed by atoms with E-state index in [1.165, 1.54) is 22.5 Å². The zero-order chi connectivity index (χ0) is 30.7. The molecule has 2 aliphatic rings. The third-order valence-electron chi connectivity index (χ3n) is 8.77. The molecular formula is C37H27Cl2N3O2S.